The van der Waals surface area contributed by atoms with E-state index in [1.54, 1.807) is 11.8 Å². The van der Waals surface area contributed by atoms with Crippen molar-refractivity contribution in [2.75, 3.05) is 5.75 Å². The van der Waals surface area contributed by atoms with Gasteiger partial charge < -0.3 is 15.5 Å². The summed E-state index contributed by atoms with van der Waals surface area (Å²) in [6.07, 6.45) is 2.97. The van der Waals surface area contributed by atoms with Crippen LogP contribution in [0.1, 0.15) is 32.1 Å². The number of aliphatic carboxylic acids is 1. The van der Waals surface area contributed by atoms with Gasteiger partial charge in [-0.1, -0.05) is 6.42 Å². The van der Waals surface area contributed by atoms with Gasteiger partial charge in [-0.2, -0.15) is 11.8 Å². The maximum Gasteiger partial charge on any atom is 0.303 e. The summed E-state index contributed by atoms with van der Waals surface area (Å²) in [4.78, 5) is 21.6. The van der Waals surface area contributed by atoms with Crippen LogP contribution in [0.15, 0.2) is 0 Å². The van der Waals surface area contributed by atoms with E-state index in [1.165, 1.54) is 0 Å². The fourth-order valence-corrected chi connectivity index (χ4v) is 4.23. The molecule has 2 heterocycles. The minimum absolute atomic E-state index is 0.00942. The molecule has 1 amide bonds. The molecular weight excluding hydrogens is 242 g/mol. The SMILES string of the molecule is O=C(O)CCCCC1SCC2(O)NC(=O)CC12. The van der Waals surface area contributed by atoms with Crippen LogP contribution in [0.3, 0.4) is 0 Å². The second-order valence-corrected chi connectivity index (χ2v) is 6.00. The molecule has 2 rings (SSSR count). The number of unbranched alkanes of at least 4 members (excludes halogenated alkanes) is 1. The zero-order chi connectivity index (χ0) is 12.5. The summed E-state index contributed by atoms with van der Waals surface area (Å²) in [7, 11) is 0. The first-order valence-corrected chi connectivity index (χ1v) is 6.93. The Hall–Kier alpha value is -0.750. The number of fused-ring (bicyclic) bond motifs is 1. The molecule has 17 heavy (non-hydrogen) atoms. The fraction of sp³-hybridized carbons (Fsp3) is 0.818. The zero-order valence-electron chi connectivity index (χ0n) is 9.52. The summed E-state index contributed by atoms with van der Waals surface area (Å²) in [5.74, 6) is -0.302. The van der Waals surface area contributed by atoms with E-state index in [0.717, 1.165) is 12.8 Å². The normalized spacial score (nSPS) is 35.7. The number of carboxylic acids is 1. The van der Waals surface area contributed by atoms with Gasteiger partial charge in [0.2, 0.25) is 5.91 Å². The van der Waals surface area contributed by atoms with Crippen molar-refractivity contribution in [3.63, 3.8) is 0 Å². The summed E-state index contributed by atoms with van der Waals surface area (Å²) >= 11 is 1.68. The average Bonchev–Trinajstić information content (AvgIpc) is 2.66. The van der Waals surface area contributed by atoms with E-state index in [0.29, 0.717) is 18.6 Å². The smallest absolute Gasteiger partial charge is 0.303 e. The molecule has 5 nitrogen and oxygen atoms in total. The number of hydrogen-bond donors (Lipinski definition) is 3. The molecule has 0 aromatic rings. The van der Waals surface area contributed by atoms with Crippen LogP contribution >= 0.6 is 11.8 Å². The van der Waals surface area contributed by atoms with Crippen LogP contribution in [0.2, 0.25) is 0 Å². The van der Waals surface area contributed by atoms with Crippen molar-refractivity contribution in [2.24, 2.45) is 5.92 Å². The minimum atomic E-state index is -1.01. The van der Waals surface area contributed by atoms with Crippen molar-refractivity contribution in [3.8, 4) is 0 Å². The maximum absolute atomic E-state index is 11.3. The van der Waals surface area contributed by atoms with Crippen LogP contribution in [-0.4, -0.2) is 38.8 Å². The number of hydrogen-bond acceptors (Lipinski definition) is 4. The molecule has 2 saturated heterocycles. The summed E-state index contributed by atoms with van der Waals surface area (Å²) in [5.41, 5.74) is -1.01. The Labute approximate surface area is 104 Å². The van der Waals surface area contributed by atoms with Gasteiger partial charge in [0.05, 0.1) is 0 Å². The summed E-state index contributed by atoms with van der Waals surface area (Å²) in [6.45, 7) is 0. The minimum Gasteiger partial charge on any atom is -0.481 e. The third kappa shape index (κ3) is 2.74. The van der Waals surface area contributed by atoms with E-state index >= 15 is 0 Å². The molecule has 2 fully saturated rings. The lowest BCUT2D eigenvalue weighted by molar-refractivity contribution is -0.137. The topological polar surface area (TPSA) is 86.6 Å². The summed E-state index contributed by atoms with van der Waals surface area (Å²) in [6, 6.07) is 0. The van der Waals surface area contributed by atoms with Crippen molar-refractivity contribution < 1.29 is 19.8 Å². The predicted octanol–water partition coefficient (Wildman–Crippen LogP) is 0.572. The highest BCUT2D eigenvalue weighted by atomic mass is 32.2. The molecule has 0 saturated carbocycles. The van der Waals surface area contributed by atoms with Crippen LogP contribution in [0, 0.1) is 5.92 Å². The van der Waals surface area contributed by atoms with Gasteiger partial charge in [-0.3, -0.25) is 9.59 Å². The van der Waals surface area contributed by atoms with Gasteiger partial charge >= 0.3 is 5.97 Å². The van der Waals surface area contributed by atoms with E-state index in [4.69, 9.17) is 5.11 Å². The Morgan fingerprint density at radius 1 is 1.53 bits per heavy atom. The molecule has 2 aliphatic heterocycles. The number of aliphatic hydroxyl groups is 1. The number of carbonyl (C=O) groups is 2. The molecule has 6 heteroatoms. The lowest BCUT2D eigenvalue weighted by Crippen LogP contribution is -2.46. The lowest BCUT2D eigenvalue weighted by Gasteiger charge is -2.23. The predicted molar refractivity (Wildman–Crippen MR) is 63.5 cm³/mol. The highest BCUT2D eigenvalue weighted by Gasteiger charge is 2.53. The number of carboxylic acid groups (broad SMARTS) is 1. The van der Waals surface area contributed by atoms with Crippen LogP contribution in [-0.2, 0) is 9.59 Å². The quantitative estimate of drug-likeness (QED) is 0.628. The molecule has 96 valence electrons. The number of amides is 1. The maximum atomic E-state index is 11.3. The van der Waals surface area contributed by atoms with E-state index in [1.807, 2.05) is 0 Å². The van der Waals surface area contributed by atoms with Crippen molar-refractivity contribution in [1.29, 1.82) is 0 Å². The summed E-state index contributed by atoms with van der Waals surface area (Å²) < 4.78 is 0. The van der Waals surface area contributed by atoms with E-state index < -0.39 is 11.7 Å². The third-order valence-corrected chi connectivity index (χ3v) is 5.07. The molecule has 0 bridgehead atoms. The van der Waals surface area contributed by atoms with Crippen LogP contribution in [0.4, 0.5) is 0 Å². The van der Waals surface area contributed by atoms with Crippen LogP contribution in [0.5, 0.6) is 0 Å². The fourth-order valence-electron chi connectivity index (χ4n) is 2.59. The largest absolute Gasteiger partial charge is 0.481 e. The Balaban J connectivity index is 1.79. The first-order valence-electron chi connectivity index (χ1n) is 5.88. The van der Waals surface area contributed by atoms with Crippen LogP contribution < -0.4 is 5.32 Å². The average molecular weight is 259 g/mol. The van der Waals surface area contributed by atoms with Gasteiger partial charge in [0.1, 0.15) is 0 Å². The highest BCUT2D eigenvalue weighted by Crippen LogP contribution is 2.45. The Kier molecular flexibility index (Phi) is 3.63. The van der Waals surface area contributed by atoms with Gasteiger partial charge in [-0.25, -0.2) is 0 Å². The Morgan fingerprint density at radius 2 is 2.29 bits per heavy atom. The Bertz CT molecular complexity index is 335. The standard InChI is InChI=1S/C11H17NO4S/c13-9-5-7-8(3-1-2-4-10(14)15)17-6-11(7,16)12-9/h7-8,16H,1-6H2,(H,12,13)(H,14,15). The van der Waals surface area contributed by atoms with Gasteiger partial charge in [0.25, 0.3) is 0 Å². The van der Waals surface area contributed by atoms with Crippen molar-refractivity contribution in [3.05, 3.63) is 0 Å². The molecular formula is C11H17NO4S. The van der Waals surface area contributed by atoms with Crippen molar-refractivity contribution in [2.45, 2.75) is 43.1 Å². The number of rotatable bonds is 5. The van der Waals surface area contributed by atoms with Crippen molar-refractivity contribution >= 4 is 23.6 Å². The molecule has 0 spiro atoms. The number of carbonyl (C=O) groups excluding carboxylic acids is 1. The second kappa shape index (κ2) is 4.86. The van der Waals surface area contributed by atoms with E-state index in [2.05, 4.69) is 5.32 Å². The number of nitrogens with one attached hydrogen (secondary N) is 1. The Morgan fingerprint density at radius 3 is 3.00 bits per heavy atom. The van der Waals surface area contributed by atoms with Crippen molar-refractivity contribution in [1.82, 2.24) is 5.32 Å². The molecule has 3 N–H and O–H groups in total. The molecule has 0 radical (unpaired) electrons. The van der Waals surface area contributed by atoms with Crippen LogP contribution in [0.25, 0.3) is 0 Å². The van der Waals surface area contributed by atoms with E-state index in [-0.39, 0.29) is 23.5 Å². The molecule has 0 aromatic carbocycles. The van der Waals surface area contributed by atoms with Gasteiger partial charge in [-0.15, -0.1) is 0 Å². The lowest BCUT2D eigenvalue weighted by atomic mass is 9.92. The molecule has 0 aromatic heterocycles. The monoisotopic (exact) mass is 259 g/mol. The number of thioether (sulfide) groups is 1. The first kappa shape index (κ1) is 12.7. The molecule has 3 atom stereocenters. The van der Waals surface area contributed by atoms with Gasteiger partial charge in [-0.05, 0) is 12.8 Å². The summed E-state index contributed by atoms with van der Waals surface area (Å²) in [5, 5.41) is 21.6. The molecule has 0 aliphatic carbocycles. The van der Waals surface area contributed by atoms with Gasteiger partial charge in [0, 0.05) is 29.8 Å². The zero-order valence-corrected chi connectivity index (χ0v) is 10.3. The third-order valence-electron chi connectivity index (χ3n) is 3.47. The second-order valence-electron chi connectivity index (χ2n) is 4.77. The highest BCUT2D eigenvalue weighted by molar-refractivity contribution is 8.00. The molecule has 3 unspecified atom stereocenters. The van der Waals surface area contributed by atoms with E-state index in [9.17, 15) is 14.7 Å². The molecule has 2 aliphatic rings. The first-order chi connectivity index (χ1) is 8.01. The van der Waals surface area contributed by atoms with Gasteiger partial charge in [0.15, 0.2) is 5.72 Å².